The lowest BCUT2D eigenvalue weighted by Gasteiger charge is -2.02. The fraction of sp³-hybridized carbons (Fsp3) is 0.300. The molecule has 0 atom stereocenters. The van der Waals surface area contributed by atoms with E-state index in [9.17, 15) is 9.18 Å². The number of esters is 1. The molecule has 76 valence electrons. The summed E-state index contributed by atoms with van der Waals surface area (Å²) in [6.45, 7) is 2.10. The SMILES string of the molecule is CCOC(=O)Cc1cc(F)cc(I)c1. The minimum Gasteiger partial charge on any atom is -0.466 e. The fourth-order valence-corrected chi connectivity index (χ4v) is 1.79. The first-order chi connectivity index (χ1) is 6.61. The van der Waals surface area contributed by atoms with Gasteiger partial charge in [0.15, 0.2) is 0 Å². The van der Waals surface area contributed by atoms with Gasteiger partial charge in [0.2, 0.25) is 0 Å². The van der Waals surface area contributed by atoms with E-state index in [0.29, 0.717) is 12.2 Å². The van der Waals surface area contributed by atoms with Gasteiger partial charge in [0.1, 0.15) is 5.82 Å². The first-order valence-electron chi connectivity index (χ1n) is 4.22. The zero-order valence-electron chi connectivity index (χ0n) is 7.72. The van der Waals surface area contributed by atoms with Crippen LogP contribution in [0.1, 0.15) is 12.5 Å². The molecule has 14 heavy (non-hydrogen) atoms. The predicted octanol–water partition coefficient (Wildman–Crippen LogP) is 2.54. The van der Waals surface area contributed by atoms with Gasteiger partial charge in [-0.2, -0.15) is 0 Å². The molecule has 4 heteroatoms. The smallest absolute Gasteiger partial charge is 0.310 e. The maximum atomic E-state index is 12.9. The maximum absolute atomic E-state index is 12.9. The van der Waals surface area contributed by atoms with E-state index in [1.54, 1.807) is 13.0 Å². The predicted molar refractivity (Wildman–Crippen MR) is 59.5 cm³/mol. The van der Waals surface area contributed by atoms with Crippen LogP contribution in [0.4, 0.5) is 4.39 Å². The van der Waals surface area contributed by atoms with Crippen molar-refractivity contribution in [3.05, 3.63) is 33.1 Å². The van der Waals surface area contributed by atoms with Gasteiger partial charge in [0, 0.05) is 3.57 Å². The van der Waals surface area contributed by atoms with Crippen molar-refractivity contribution in [3.8, 4) is 0 Å². The van der Waals surface area contributed by atoms with E-state index in [2.05, 4.69) is 0 Å². The quantitative estimate of drug-likeness (QED) is 0.633. The van der Waals surface area contributed by atoms with E-state index in [4.69, 9.17) is 4.74 Å². The molecule has 1 aromatic carbocycles. The minimum atomic E-state index is -0.325. The molecule has 1 aromatic rings. The molecule has 0 radical (unpaired) electrons. The Hall–Kier alpha value is -0.650. The topological polar surface area (TPSA) is 26.3 Å². The molecule has 0 amide bonds. The number of hydrogen-bond donors (Lipinski definition) is 0. The molecule has 2 nitrogen and oxygen atoms in total. The summed E-state index contributed by atoms with van der Waals surface area (Å²) in [5.41, 5.74) is 0.646. The lowest BCUT2D eigenvalue weighted by atomic mass is 10.1. The minimum absolute atomic E-state index is 0.127. The molecule has 0 saturated carbocycles. The molecule has 0 aliphatic carbocycles. The Balaban J connectivity index is 2.71. The van der Waals surface area contributed by atoms with Crippen molar-refractivity contribution >= 4 is 28.6 Å². The number of rotatable bonds is 3. The van der Waals surface area contributed by atoms with Crippen molar-refractivity contribution in [1.29, 1.82) is 0 Å². The van der Waals surface area contributed by atoms with Crippen LogP contribution in [-0.2, 0) is 16.0 Å². The molecule has 0 heterocycles. The van der Waals surface area contributed by atoms with Crippen molar-refractivity contribution in [1.82, 2.24) is 0 Å². The molecule has 0 bridgehead atoms. The Morgan fingerprint density at radius 1 is 1.50 bits per heavy atom. The fourth-order valence-electron chi connectivity index (χ4n) is 1.09. The van der Waals surface area contributed by atoms with Crippen molar-refractivity contribution < 1.29 is 13.9 Å². The summed E-state index contributed by atoms with van der Waals surface area (Å²) in [5, 5.41) is 0. The third-order valence-electron chi connectivity index (χ3n) is 1.58. The van der Waals surface area contributed by atoms with Crippen LogP contribution in [0.5, 0.6) is 0 Å². The molecule has 1 rings (SSSR count). The van der Waals surface area contributed by atoms with Gasteiger partial charge in [-0.05, 0) is 53.3 Å². The van der Waals surface area contributed by atoms with E-state index in [-0.39, 0.29) is 18.2 Å². The summed E-state index contributed by atoms with van der Waals surface area (Å²) in [6, 6.07) is 4.52. The molecule has 0 N–H and O–H groups in total. The second-order valence-corrected chi connectivity index (χ2v) is 4.01. The van der Waals surface area contributed by atoms with Crippen molar-refractivity contribution in [2.45, 2.75) is 13.3 Å². The average Bonchev–Trinajstić information content (AvgIpc) is 2.01. The summed E-state index contributed by atoms with van der Waals surface area (Å²) >= 11 is 2.01. The lowest BCUT2D eigenvalue weighted by molar-refractivity contribution is -0.142. The van der Waals surface area contributed by atoms with Crippen LogP contribution in [-0.4, -0.2) is 12.6 Å². The molecule has 0 unspecified atom stereocenters. The monoisotopic (exact) mass is 308 g/mol. The van der Waals surface area contributed by atoms with Gasteiger partial charge in [-0.1, -0.05) is 0 Å². The number of hydrogen-bond acceptors (Lipinski definition) is 2. The van der Waals surface area contributed by atoms with Gasteiger partial charge >= 0.3 is 5.97 Å². The molecule has 0 aromatic heterocycles. The highest BCUT2D eigenvalue weighted by Gasteiger charge is 2.05. The Morgan fingerprint density at radius 3 is 2.79 bits per heavy atom. The van der Waals surface area contributed by atoms with Gasteiger partial charge in [-0.25, -0.2) is 4.39 Å². The van der Waals surface area contributed by atoms with Crippen molar-refractivity contribution in [3.63, 3.8) is 0 Å². The molecule has 0 aliphatic rings. The molecule has 0 aliphatic heterocycles. The molecule has 0 saturated heterocycles. The molecular weight excluding hydrogens is 298 g/mol. The third-order valence-corrected chi connectivity index (χ3v) is 2.20. The van der Waals surface area contributed by atoms with Gasteiger partial charge < -0.3 is 4.74 Å². The summed E-state index contributed by atoms with van der Waals surface area (Å²) in [7, 11) is 0. The Morgan fingerprint density at radius 2 is 2.21 bits per heavy atom. The average molecular weight is 308 g/mol. The second-order valence-electron chi connectivity index (χ2n) is 2.76. The Labute approximate surface area is 95.6 Å². The molecular formula is C10H10FIO2. The maximum Gasteiger partial charge on any atom is 0.310 e. The zero-order chi connectivity index (χ0) is 10.6. The largest absolute Gasteiger partial charge is 0.466 e. The van der Waals surface area contributed by atoms with Crippen LogP contribution >= 0.6 is 22.6 Å². The second kappa shape index (κ2) is 5.29. The highest BCUT2D eigenvalue weighted by atomic mass is 127. The summed E-state index contributed by atoms with van der Waals surface area (Å²) in [5.74, 6) is -0.648. The third kappa shape index (κ3) is 3.61. The summed E-state index contributed by atoms with van der Waals surface area (Å²) in [6.07, 6.45) is 0.127. The van der Waals surface area contributed by atoms with Crippen LogP contribution in [0.2, 0.25) is 0 Å². The van der Waals surface area contributed by atoms with E-state index in [0.717, 1.165) is 3.57 Å². The normalized spacial score (nSPS) is 9.93. The standard InChI is InChI=1S/C10H10FIO2/c1-2-14-10(13)5-7-3-8(11)6-9(12)4-7/h3-4,6H,2,5H2,1H3. The highest BCUT2D eigenvalue weighted by molar-refractivity contribution is 14.1. The van der Waals surface area contributed by atoms with E-state index in [1.807, 2.05) is 22.6 Å². The summed E-state index contributed by atoms with van der Waals surface area (Å²) in [4.78, 5) is 11.1. The molecule has 0 spiro atoms. The van der Waals surface area contributed by atoms with E-state index < -0.39 is 0 Å². The van der Waals surface area contributed by atoms with Crippen LogP contribution in [0.25, 0.3) is 0 Å². The Kier molecular flexibility index (Phi) is 4.31. The highest BCUT2D eigenvalue weighted by Crippen LogP contribution is 2.12. The zero-order valence-corrected chi connectivity index (χ0v) is 9.88. The summed E-state index contributed by atoms with van der Waals surface area (Å²) < 4.78 is 18.4. The van der Waals surface area contributed by atoms with Gasteiger partial charge in [0.05, 0.1) is 13.0 Å². The van der Waals surface area contributed by atoms with E-state index in [1.165, 1.54) is 12.1 Å². The molecule has 0 fully saturated rings. The van der Waals surface area contributed by atoms with Gasteiger partial charge in [-0.3, -0.25) is 4.79 Å². The first-order valence-corrected chi connectivity index (χ1v) is 5.30. The number of halogens is 2. The van der Waals surface area contributed by atoms with Crippen molar-refractivity contribution in [2.24, 2.45) is 0 Å². The van der Waals surface area contributed by atoms with E-state index >= 15 is 0 Å². The Bertz CT molecular complexity index is 319. The van der Waals surface area contributed by atoms with Crippen LogP contribution in [0.15, 0.2) is 18.2 Å². The first kappa shape index (κ1) is 11.4. The van der Waals surface area contributed by atoms with Crippen molar-refractivity contribution in [2.75, 3.05) is 6.61 Å². The lowest BCUT2D eigenvalue weighted by Crippen LogP contribution is -2.07. The van der Waals surface area contributed by atoms with Crippen LogP contribution < -0.4 is 0 Å². The van der Waals surface area contributed by atoms with Crippen LogP contribution in [0, 0.1) is 9.39 Å². The van der Waals surface area contributed by atoms with Gasteiger partial charge in [0.25, 0.3) is 0 Å². The van der Waals surface area contributed by atoms with Gasteiger partial charge in [-0.15, -0.1) is 0 Å². The number of carbonyl (C=O) groups excluding carboxylic acids is 1. The number of benzene rings is 1. The van der Waals surface area contributed by atoms with Crippen LogP contribution in [0.3, 0.4) is 0 Å². The number of ether oxygens (including phenoxy) is 1. The number of carbonyl (C=O) groups is 1.